The molecule has 0 heterocycles. The zero-order valence-corrected chi connectivity index (χ0v) is 10.9. The van der Waals surface area contributed by atoms with E-state index in [-0.39, 0.29) is 11.5 Å². The van der Waals surface area contributed by atoms with E-state index in [9.17, 15) is 9.59 Å². The summed E-state index contributed by atoms with van der Waals surface area (Å²) < 4.78 is 0. The van der Waals surface area contributed by atoms with Crippen LogP contribution in [0.4, 0.5) is 5.69 Å². The van der Waals surface area contributed by atoms with Crippen LogP contribution in [0.2, 0.25) is 0 Å². The first kappa shape index (κ1) is 13.5. The molecule has 1 aromatic carbocycles. The second-order valence-electron chi connectivity index (χ2n) is 4.88. The van der Waals surface area contributed by atoms with Gasteiger partial charge in [0.1, 0.15) is 0 Å². The number of benzene rings is 1. The number of likely N-dealkylation sites (N-methyl/N-ethyl adjacent to an activating group) is 1. The van der Waals surface area contributed by atoms with Gasteiger partial charge in [-0.2, -0.15) is 0 Å². The van der Waals surface area contributed by atoms with Crippen molar-refractivity contribution in [3.8, 4) is 0 Å². The van der Waals surface area contributed by atoms with E-state index >= 15 is 0 Å². The number of nitrogens with zero attached hydrogens (tertiary/aromatic N) is 1. The monoisotopic (exact) mass is 262 g/mol. The molecular weight excluding hydrogens is 244 g/mol. The van der Waals surface area contributed by atoms with E-state index in [2.05, 4.69) is 5.32 Å². The highest BCUT2D eigenvalue weighted by molar-refractivity contribution is 5.95. The van der Waals surface area contributed by atoms with Crippen molar-refractivity contribution in [2.75, 3.05) is 25.0 Å². The number of hydrogen-bond donors (Lipinski definition) is 2. The molecule has 0 atom stereocenters. The van der Waals surface area contributed by atoms with E-state index in [1.807, 2.05) is 0 Å². The fourth-order valence-electron chi connectivity index (χ4n) is 1.80. The van der Waals surface area contributed by atoms with Crippen LogP contribution in [0, 0.1) is 5.92 Å². The second kappa shape index (κ2) is 5.84. The topological polar surface area (TPSA) is 69.6 Å². The Hall–Kier alpha value is -1.88. The van der Waals surface area contributed by atoms with Gasteiger partial charge in [0.15, 0.2) is 0 Å². The van der Waals surface area contributed by atoms with Crippen molar-refractivity contribution in [1.82, 2.24) is 5.32 Å². The Balaban J connectivity index is 1.87. The fraction of sp³-hybridized carbons (Fsp3) is 0.429. The summed E-state index contributed by atoms with van der Waals surface area (Å²) in [5.41, 5.74) is 0.916. The van der Waals surface area contributed by atoms with Gasteiger partial charge in [0.2, 0.25) is 5.91 Å². The molecule has 2 rings (SSSR count). The number of rotatable bonds is 6. The highest BCUT2D eigenvalue weighted by atomic mass is 16.4. The summed E-state index contributed by atoms with van der Waals surface area (Å²) in [7, 11) is 1.69. The Morgan fingerprint density at radius 2 is 1.95 bits per heavy atom. The van der Waals surface area contributed by atoms with Gasteiger partial charge in [-0.1, -0.05) is 0 Å². The highest BCUT2D eigenvalue weighted by Crippen LogP contribution is 2.27. The number of carboxylic acid groups (broad SMARTS) is 1. The molecule has 1 amide bonds. The summed E-state index contributed by atoms with van der Waals surface area (Å²) in [5, 5.41) is 11.9. The van der Waals surface area contributed by atoms with Gasteiger partial charge in [-0.25, -0.2) is 4.79 Å². The molecule has 0 aromatic heterocycles. The van der Waals surface area contributed by atoms with Gasteiger partial charge < -0.3 is 15.3 Å². The van der Waals surface area contributed by atoms with Gasteiger partial charge >= 0.3 is 5.97 Å². The van der Waals surface area contributed by atoms with Gasteiger partial charge in [0.05, 0.1) is 12.1 Å². The molecule has 19 heavy (non-hydrogen) atoms. The zero-order chi connectivity index (χ0) is 13.8. The third-order valence-corrected chi connectivity index (χ3v) is 3.28. The van der Waals surface area contributed by atoms with E-state index in [1.54, 1.807) is 19.2 Å². The first-order valence-electron chi connectivity index (χ1n) is 6.38. The number of carbonyl (C=O) groups excluding carboxylic acids is 1. The van der Waals surface area contributed by atoms with Crippen molar-refractivity contribution >= 4 is 17.6 Å². The third-order valence-electron chi connectivity index (χ3n) is 3.28. The smallest absolute Gasteiger partial charge is 0.335 e. The van der Waals surface area contributed by atoms with Crippen LogP contribution >= 0.6 is 0 Å². The number of carboxylic acids is 1. The summed E-state index contributed by atoms with van der Waals surface area (Å²) >= 11 is 0. The number of hydrogen-bond acceptors (Lipinski definition) is 3. The van der Waals surface area contributed by atoms with Gasteiger partial charge in [-0.05, 0) is 49.6 Å². The number of anilines is 1. The maximum absolute atomic E-state index is 11.9. The first-order chi connectivity index (χ1) is 9.08. The zero-order valence-electron chi connectivity index (χ0n) is 10.9. The van der Waals surface area contributed by atoms with Crippen LogP contribution < -0.4 is 10.2 Å². The molecule has 5 heteroatoms. The van der Waals surface area contributed by atoms with Crippen molar-refractivity contribution < 1.29 is 14.7 Å². The average molecular weight is 262 g/mol. The Bertz CT molecular complexity index is 466. The molecule has 0 unspecified atom stereocenters. The van der Waals surface area contributed by atoms with Crippen LogP contribution in [-0.2, 0) is 4.79 Å². The number of amides is 1. The van der Waals surface area contributed by atoms with Crippen LogP contribution in [0.5, 0.6) is 0 Å². The lowest BCUT2D eigenvalue weighted by Crippen LogP contribution is -2.36. The van der Waals surface area contributed by atoms with Crippen molar-refractivity contribution in [2.24, 2.45) is 5.92 Å². The molecular formula is C14H18N2O3. The minimum Gasteiger partial charge on any atom is -0.478 e. The summed E-state index contributed by atoms with van der Waals surface area (Å²) in [5.74, 6) is -0.247. The van der Waals surface area contributed by atoms with Crippen LogP contribution in [-0.4, -0.2) is 37.1 Å². The lowest BCUT2D eigenvalue weighted by molar-refractivity contribution is -0.117. The molecule has 2 N–H and O–H groups in total. The molecule has 102 valence electrons. The third kappa shape index (κ3) is 3.79. The minimum absolute atomic E-state index is 0.0243. The molecule has 0 saturated heterocycles. The van der Waals surface area contributed by atoms with E-state index in [0.29, 0.717) is 12.2 Å². The van der Waals surface area contributed by atoms with Crippen LogP contribution in [0.15, 0.2) is 24.3 Å². The van der Waals surface area contributed by atoms with E-state index in [4.69, 9.17) is 5.11 Å². The molecule has 1 aliphatic rings. The van der Waals surface area contributed by atoms with Gasteiger partial charge in [-0.15, -0.1) is 0 Å². The van der Waals surface area contributed by atoms with Gasteiger partial charge in [0.25, 0.3) is 0 Å². The Kier molecular flexibility index (Phi) is 4.16. The molecule has 5 nitrogen and oxygen atoms in total. The molecule has 0 bridgehead atoms. The molecule has 1 aliphatic carbocycles. The highest BCUT2D eigenvalue weighted by Gasteiger charge is 2.21. The molecule has 0 aliphatic heterocycles. The first-order valence-corrected chi connectivity index (χ1v) is 6.38. The van der Waals surface area contributed by atoms with E-state index in [1.165, 1.54) is 29.9 Å². The number of nitrogens with one attached hydrogen (secondary N) is 1. The summed E-state index contributed by atoms with van der Waals surface area (Å²) in [6.45, 7) is 1.21. The summed E-state index contributed by atoms with van der Waals surface area (Å²) in [6.07, 6.45) is 2.52. The predicted molar refractivity (Wildman–Crippen MR) is 72.4 cm³/mol. The maximum atomic E-state index is 11.9. The fourth-order valence-corrected chi connectivity index (χ4v) is 1.80. The van der Waals surface area contributed by atoms with E-state index < -0.39 is 5.97 Å². The summed E-state index contributed by atoms with van der Waals surface area (Å²) in [6, 6.07) is 6.28. The van der Waals surface area contributed by atoms with Crippen molar-refractivity contribution in [3.63, 3.8) is 0 Å². The molecule has 0 spiro atoms. The number of carbonyl (C=O) groups is 2. The standard InChI is InChI=1S/C14H18N2O3/c1-16(13(17)9-15-8-10-2-3-10)12-6-4-11(5-7-12)14(18)19/h4-7,10,15H,2-3,8-9H2,1H3,(H,18,19). The van der Waals surface area contributed by atoms with Gasteiger partial charge in [0, 0.05) is 12.7 Å². The summed E-state index contributed by atoms with van der Waals surface area (Å²) in [4.78, 5) is 24.2. The predicted octanol–water partition coefficient (Wildman–Crippen LogP) is 1.35. The minimum atomic E-state index is -0.966. The van der Waals surface area contributed by atoms with Crippen LogP contribution in [0.25, 0.3) is 0 Å². The molecule has 1 aromatic rings. The molecule has 1 fully saturated rings. The molecule has 1 saturated carbocycles. The Morgan fingerprint density at radius 3 is 2.47 bits per heavy atom. The number of aromatic carboxylic acids is 1. The van der Waals surface area contributed by atoms with Crippen molar-refractivity contribution in [3.05, 3.63) is 29.8 Å². The second-order valence-corrected chi connectivity index (χ2v) is 4.88. The normalized spacial score (nSPS) is 14.2. The quantitative estimate of drug-likeness (QED) is 0.812. The van der Waals surface area contributed by atoms with Crippen LogP contribution in [0.3, 0.4) is 0 Å². The maximum Gasteiger partial charge on any atom is 0.335 e. The lowest BCUT2D eigenvalue weighted by Gasteiger charge is -2.17. The average Bonchev–Trinajstić information content (AvgIpc) is 3.22. The molecule has 0 radical (unpaired) electrons. The van der Waals surface area contributed by atoms with Crippen molar-refractivity contribution in [1.29, 1.82) is 0 Å². The van der Waals surface area contributed by atoms with Crippen molar-refractivity contribution in [2.45, 2.75) is 12.8 Å². The van der Waals surface area contributed by atoms with Crippen LogP contribution in [0.1, 0.15) is 23.2 Å². The van der Waals surface area contributed by atoms with Gasteiger partial charge in [-0.3, -0.25) is 4.79 Å². The Morgan fingerprint density at radius 1 is 1.32 bits per heavy atom. The Labute approximate surface area is 112 Å². The lowest BCUT2D eigenvalue weighted by atomic mass is 10.2. The SMILES string of the molecule is CN(C(=O)CNCC1CC1)c1ccc(C(=O)O)cc1. The largest absolute Gasteiger partial charge is 0.478 e. The van der Waals surface area contributed by atoms with E-state index in [0.717, 1.165) is 12.5 Å².